The summed E-state index contributed by atoms with van der Waals surface area (Å²) in [6.45, 7) is 2.68. The van der Waals surface area contributed by atoms with E-state index >= 15 is 0 Å². The zero-order valence-electron chi connectivity index (χ0n) is 14.0. The van der Waals surface area contributed by atoms with Gasteiger partial charge in [0.25, 0.3) is 5.91 Å². The van der Waals surface area contributed by atoms with E-state index in [1.165, 1.54) is 13.3 Å². The first-order valence-electron chi connectivity index (χ1n) is 7.68. The predicted molar refractivity (Wildman–Crippen MR) is 105 cm³/mol. The number of phenolic OH excluding ortho intramolecular Hbond substituents is 1. The highest BCUT2D eigenvalue weighted by atomic mass is 127. The Morgan fingerprint density at radius 2 is 2.04 bits per heavy atom. The number of nitrogens with one attached hydrogen (secondary N) is 1. The summed E-state index contributed by atoms with van der Waals surface area (Å²) in [4.78, 5) is 12.1. The molecule has 0 spiro atoms. The van der Waals surface area contributed by atoms with Crippen LogP contribution in [0.5, 0.6) is 17.2 Å². The molecule has 0 aliphatic carbocycles. The van der Waals surface area contributed by atoms with E-state index in [2.05, 4.69) is 10.5 Å². The maximum Gasteiger partial charge on any atom is 0.271 e. The molecule has 0 radical (unpaired) electrons. The quantitative estimate of drug-likeness (QED) is 0.381. The molecule has 0 heterocycles. The number of hydrogen-bond donors (Lipinski definition) is 2. The first-order chi connectivity index (χ1) is 12.0. The Bertz CT molecular complexity index is 760. The van der Waals surface area contributed by atoms with Gasteiger partial charge in [-0.3, -0.25) is 4.79 Å². The molecule has 0 unspecified atom stereocenters. The number of ether oxygens (including phenoxy) is 2. The van der Waals surface area contributed by atoms with Gasteiger partial charge >= 0.3 is 0 Å². The molecule has 0 bridgehead atoms. The van der Waals surface area contributed by atoms with Gasteiger partial charge in [0.05, 0.1) is 23.5 Å². The number of carbonyl (C=O) groups excluding carboxylic acids is 1. The number of phenols is 1. The number of aromatic hydroxyl groups is 1. The minimum Gasteiger partial charge on any atom is -0.504 e. The topological polar surface area (TPSA) is 80.2 Å². The average molecular weight is 454 g/mol. The van der Waals surface area contributed by atoms with Gasteiger partial charge in [0.1, 0.15) is 5.75 Å². The zero-order valence-corrected chi connectivity index (χ0v) is 16.1. The van der Waals surface area contributed by atoms with Crippen molar-refractivity contribution >= 4 is 34.7 Å². The number of amides is 1. The van der Waals surface area contributed by atoms with Crippen LogP contribution in [0, 0.1) is 3.57 Å². The lowest BCUT2D eigenvalue weighted by atomic mass is 10.2. The van der Waals surface area contributed by atoms with Gasteiger partial charge in [0.15, 0.2) is 11.5 Å². The summed E-state index contributed by atoms with van der Waals surface area (Å²) in [5.41, 5.74) is 3.65. The second kappa shape index (κ2) is 9.26. The van der Waals surface area contributed by atoms with Crippen LogP contribution in [0.3, 0.4) is 0 Å². The third-order valence-electron chi connectivity index (χ3n) is 3.24. The van der Waals surface area contributed by atoms with Crippen LogP contribution >= 0.6 is 22.6 Å². The van der Waals surface area contributed by atoms with Crippen LogP contribution in [0.1, 0.15) is 29.3 Å². The number of nitrogens with zero attached hydrogens (tertiary/aromatic N) is 1. The maximum atomic E-state index is 12.1. The molecular weight excluding hydrogens is 435 g/mol. The Balaban J connectivity index is 1.99. The number of hydrazone groups is 1. The molecule has 2 N–H and O–H groups in total. The van der Waals surface area contributed by atoms with Gasteiger partial charge < -0.3 is 14.6 Å². The third-order valence-corrected chi connectivity index (χ3v) is 4.06. The van der Waals surface area contributed by atoms with E-state index in [0.717, 1.165) is 12.2 Å². The van der Waals surface area contributed by atoms with Gasteiger partial charge in [-0.15, -0.1) is 0 Å². The van der Waals surface area contributed by atoms with E-state index < -0.39 is 0 Å². The van der Waals surface area contributed by atoms with E-state index in [4.69, 9.17) is 9.47 Å². The second-order valence-electron chi connectivity index (χ2n) is 5.13. The molecule has 6 nitrogen and oxygen atoms in total. The Morgan fingerprint density at radius 3 is 2.68 bits per heavy atom. The van der Waals surface area contributed by atoms with Crippen LogP contribution in [0.4, 0.5) is 0 Å². The van der Waals surface area contributed by atoms with Gasteiger partial charge in [-0.1, -0.05) is 6.92 Å². The smallest absolute Gasteiger partial charge is 0.271 e. The van der Waals surface area contributed by atoms with Crippen LogP contribution in [0.25, 0.3) is 0 Å². The van der Waals surface area contributed by atoms with Crippen LogP contribution < -0.4 is 14.9 Å². The molecule has 0 fully saturated rings. The molecule has 0 aliphatic rings. The molecule has 2 aromatic rings. The highest BCUT2D eigenvalue weighted by Crippen LogP contribution is 2.31. The fraction of sp³-hybridized carbons (Fsp3) is 0.222. The Hall–Kier alpha value is -2.29. The lowest BCUT2D eigenvalue weighted by Gasteiger charge is -2.06. The molecular formula is C18H19IN2O4. The second-order valence-corrected chi connectivity index (χ2v) is 6.29. The molecule has 2 aromatic carbocycles. The van der Waals surface area contributed by atoms with Crippen molar-refractivity contribution in [3.63, 3.8) is 0 Å². The monoisotopic (exact) mass is 454 g/mol. The average Bonchev–Trinajstić information content (AvgIpc) is 2.63. The van der Waals surface area contributed by atoms with Crippen LogP contribution in [-0.4, -0.2) is 30.9 Å². The molecule has 0 atom stereocenters. The standard InChI is InChI=1S/C18H19IN2O4/c1-3-8-25-14-6-4-13(5-7-14)18(23)21-20-11-12-9-15(19)17(22)16(10-12)24-2/h4-7,9-11,22H,3,8H2,1-2H3,(H,21,23)/b20-11-. The minimum absolute atomic E-state index is 0.0784. The van der Waals surface area contributed by atoms with Crippen molar-refractivity contribution in [2.24, 2.45) is 5.10 Å². The number of hydrogen-bond acceptors (Lipinski definition) is 5. The summed E-state index contributed by atoms with van der Waals surface area (Å²) in [5.74, 6) is 0.836. The van der Waals surface area contributed by atoms with Crippen molar-refractivity contribution in [2.45, 2.75) is 13.3 Å². The number of methoxy groups -OCH3 is 1. The van der Waals surface area contributed by atoms with Gasteiger partial charge in [0, 0.05) is 5.56 Å². The number of benzene rings is 2. The summed E-state index contributed by atoms with van der Waals surface area (Å²) >= 11 is 1.99. The molecule has 2 rings (SSSR count). The maximum absolute atomic E-state index is 12.1. The number of rotatable bonds is 7. The highest BCUT2D eigenvalue weighted by Gasteiger charge is 2.08. The lowest BCUT2D eigenvalue weighted by Crippen LogP contribution is -2.17. The summed E-state index contributed by atoms with van der Waals surface area (Å²) < 4.78 is 11.2. The van der Waals surface area contributed by atoms with Crippen LogP contribution in [0.2, 0.25) is 0 Å². The van der Waals surface area contributed by atoms with Crippen molar-refractivity contribution in [1.29, 1.82) is 0 Å². The summed E-state index contributed by atoms with van der Waals surface area (Å²) in [7, 11) is 1.47. The normalized spacial score (nSPS) is 10.7. The summed E-state index contributed by atoms with van der Waals surface area (Å²) in [6, 6.07) is 10.2. The van der Waals surface area contributed by atoms with E-state index in [-0.39, 0.29) is 11.7 Å². The van der Waals surface area contributed by atoms with Gasteiger partial charge in [-0.05, 0) is 71.0 Å². The lowest BCUT2D eigenvalue weighted by molar-refractivity contribution is 0.0955. The van der Waals surface area contributed by atoms with Crippen molar-refractivity contribution < 1.29 is 19.4 Å². The molecule has 0 saturated carbocycles. The number of carbonyl (C=O) groups is 1. The van der Waals surface area contributed by atoms with Crippen LogP contribution in [-0.2, 0) is 0 Å². The van der Waals surface area contributed by atoms with Crippen LogP contribution in [0.15, 0.2) is 41.5 Å². The molecule has 1 amide bonds. The van der Waals surface area contributed by atoms with Gasteiger partial charge in [0.2, 0.25) is 0 Å². The van der Waals surface area contributed by atoms with Gasteiger partial charge in [-0.2, -0.15) is 5.10 Å². The minimum atomic E-state index is -0.321. The Morgan fingerprint density at radius 1 is 1.32 bits per heavy atom. The largest absolute Gasteiger partial charge is 0.504 e. The molecule has 0 saturated heterocycles. The van der Waals surface area contributed by atoms with E-state index in [1.807, 2.05) is 29.5 Å². The van der Waals surface area contributed by atoms with Crippen molar-refractivity contribution in [1.82, 2.24) is 5.43 Å². The molecule has 0 aliphatic heterocycles. The molecule has 7 heteroatoms. The molecule has 0 aromatic heterocycles. The highest BCUT2D eigenvalue weighted by molar-refractivity contribution is 14.1. The third kappa shape index (κ3) is 5.35. The van der Waals surface area contributed by atoms with E-state index in [0.29, 0.717) is 27.1 Å². The summed E-state index contributed by atoms with van der Waals surface area (Å²) in [5, 5.41) is 13.7. The van der Waals surface area contributed by atoms with E-state index in [9.17, 15) is 9.90 Å². The van der Waals surface area contributed by atoms with Crippen molar-refractivity contribution in [3.8, 4) is 17.2 Å². The fourth-order valence-corrected chi connectivity index (χ4v) is 2.60. The van der Waals surface area contributed by atoms with E-state index in [1.54, 1.807) is 36.4 Å². The predicted octanol–water partition coefficient (Wildman–Crippen LogP) is 3.56. The summed E-state index contributed by atoms with van der Waals surface area (Å²) in [6.07, 6.45) is 2.42. The Labute approximate surface area is 160 Å². The Kier molecular flexibility index (Phi) is 7.05. The van der Waals surface area contributed by atoms with Crippen molar-refractivity contribution in [2.75, 3.05) is 13.7 Å². The van der Waals surface area contributed by atoms with Crippen molar-refractivity contribution in [3.05, 3.63) is 51.1 Å². The zero-order chi connectivity index (χ0) is 18.2. The molecule has 25 heavy (non-hydrogen) atoms. The number of halogens is 1. The molecule has 132 valence electrons. The SMILES string of the molecule is CCCOc1ccc(C(=O)N/N=C\c2cc(I)c(O)c(OC)c2)cc1. The van der Waals surface area contributed by atoms with Gasteiger partial charge in [-0.25, -0.2) is 5.43 Å². The fourth-order valence-electron chi connectivity index (χ4n) is 1.98. The first-order valence-corrected chi connectivity index (χ1v) is 8.75. The first kappa shape index (κ1) is 19.0.